The maximum Gasteiger partial charge on any atom is 0.257 e. The molecule has 0 bridgehead atoms. The summed E-state index contributed by atoms with van der Waals surface area (Å²) in [7, 11) is 0. The van der Waals surface area contributed by atoms with Crippen molar-refractivity contribution in [2.75, 3.05) is 12.8 Å². The van der Waals surface area contributed by atoms with Gasteiger partial charge in [-0.05, 0) is 30.9 Å². The zero-order valence-electron chi connectivity index (χ0n) is 13.2. The Kier molecular flexibility index (Phi) is 5.95. The number of benzene rings is 1. The van der Waals surface area contributed by atoms with Gasteiger partial charge in [-0.2, -0.15) is 0 Å². The fraction of sp³-hybridized carbons (Fsp3) is 0.353. The summed E-state index contributed by atoms with van der Waals surface area (Å²) in [4.78, 5) is 24.0. The molecule has 5 heteroatoms. The molecule has 0 atom stereocenters. The fourth-order valence-corrected chi connectivity index (χ4v) is 2.52. The third-order valence-electron chi connectivity index (χ3n) is 3.47. The predicted molar refractivity (Wildman–Crippen MR) is 90.0 cm³/mol. The topological polar surface area (TPSA) is 46.1 Å². The summed E-state index contributed by atoms with van der Waals surface area (Å²) in [6.45, 7) is 5.22. The largest absolute Gasteiger partial charge is 0.335 e. The van der Waals surface area contributed by atoms with Crippen molar-refractivity contribution in [2.45, 2.75) is 31.7 Å². The van der Waals surface area contributed by atoms with Crippen LogP contribution in [-0.2, 0) is 13.0 Å². The molecule has 0 aliphatic carbocycles. The van der Waals surface area contributed by atoms with E-state index in [2.05, 4.69) is 40.5 Å². The zero-order chi connectivity index (χ0) is 15.9. The van der Waals surface area contributed by atoms with Crippen LogP contribution in [-0.4, -0.2) is 33.6 Å². The highest BCUT2D eigenvalue weighted by atomic mass is 32.2. The van der Waals surface area contributed by atoms with E-state index in [1.54, 1.807) is 29.1 Å². The molecule has 2 rings (SSSR count). The maximum atomic E-state index is 12.5. The number of aryl methyl sites for hydroxylation is 1. The van der Waals surface area contributed by atoms with E-state index in [0.29, 0.717) is 18.7 Å². The molecule has 22 heavy (non-hydrogen) atoms. The number of nitrogens with zero attached hydrogens (tertiary/aromatic N) is 3. The van der Waals surface area contributed by atoms with Crippen molar-refractivity contribution >= 4 is 17.7 Å². The highest BCUT2D eigenvalue weighted by Crippen LogP contribution is 2.16. The second-order valence-electron chi connectivity index (χ2n) is 4.91. The molecule has 116 valence electrons. The molecular weight excluding hydrogens is 294 g/mol. The van der Waals surface area contributed by atoms with Crippen LogP contribution < -0.4 is 0 Å². The zero-order valence-corrected chi connectivity index (χ0v) is 14.1. The molecule has 0 unspecified atom stereocenters. The predicted octanol–water partition coefficient (Wildman–Crippen LogP) is 3.42. The minimum absolute atomic E-state index is 0.0286. The van der Waals surface area contributed by atoms with Crippen LogP contribution in [0.5, 0.6) is 0 Å². The summed E-state index contributed by atoms with van der Waals surface area (Å²) < 4.78 is 0. The lowest BCUT2D eigenvalue weighted by Gasteiger charge is -2.21. The number of thioether (sulfide) groups is 1. The Balaban J connectivity index is 2.10. The van der Waals surface area contributed by atoms with Crippen molar-refractivity contribution in [3.63, 3.8) is 0 Å². The number of amides is 1. The summed E-state index contributed by atoms with van der Waals surface area (Å²) in [5.41, 5.74) is 1.67. The first-order valence-electron chi connectivity index (χ1n) is 7.41. The summed E-state index contributed by atoms with van der Waals surface area (Å²) >= 11 is 1.71. The van der Waals surface area contributed by atoms with Gasteiger partial charge in [-0.3, -0.25) is 4.79 Å². The molecule has 1 aromatic heterocycles. The first kappa shape index (κ1) is 16.5. The van der Waals surface area contributed by atoms with Gasteiger partial charge in [-0.25, -0.2) is 9.97 Å². The average molecular weight is 315 g/mol. The van der Waals surface area contributed by atoms with Crippen LogP contribution in [0.1, 0.15) is 35.6 Å². The fourth-order valence-electron chi connectivity index (χ4n) is 2.11. The lowest BCUT2D eigenvalue weighted by molar-refractivity contribution is 0.0751. The van der Waals surface area contributed by atoms with Gasteiger partial charge < -0.3 is 4.90 Å². The Hall–Kier alpha value is -1.88. The molecule has 0 radical (unpaired) electrons. The highest BCUT2D eigenvalue weighted by Gasteiger charge is 2.15. The van der Waals surface area contributed by atoms with Crippen LogP contribution in [0, 0.1) is 0 Å². The van der Waals surface area contributed by atoms with E-state index in [-0.39, 0.29) is 5.91 Å². The van der Waals surface area contributed by atoms with Gasteiger partial charge in [-0.15, -0.1) is 11.8 Å². The number of hydrogen-bond donors (Lipinski definition) is 0. The first-order chi connectivity index (χ1) is 10.7. The minimum Gasteiger partial charge on any atom is -0.335 e. The van der Waals surface area contributed by atoms with Crippen LogP contribution in [0.3, 0.4) is 0 Å². The molecule has 0 aliphatic heterocycles. The molecular formula is C17H21N3OS. The molecule has 1 amide bonds. The summed E-state index contributed by atoms with van der Waals surface area (Å²) in [6, 6.07) is 8.30. The Morgan fingerprint density at radius 1 is 1.14 bits per heavy atom. The van der Waals surface area contributed by atoms with Gasteiger partial charge in [0.05, 0.1) is 5.56 Å². The van der Waals surface area contributed by atoms with Crippen molar-refractivity contribution in [3.05, 3.63) is 53.6 Å². The molecule has 4 nitrogen and oxygen atoms in total. The average Bonchev–Trinajstić information content (AvgIpc) is 2.59. The number of hydrogen-bond acceptors (Lipinski definition) is 4. The summed E-state index contributed by atoms with van der Waals surface area (Å²) in [5, 5.41) is 0. The molecule has 0 saturated carbocycles. The van der Waals surface area contributed by atoms with Gasteiger partial charge in [0.25, 0.3) is 5.91 Å². The van der Waals surface area contributed by atoms with E-state index in [1.807, 2.05) is 13.8 Å². The van der Waals surface area contributed by atoms with Crippen molar-refractivity contribution in [1.29, 1.82) is 0 Å². The van der Waals surface area contributed by atoms with Crippen LogP contribution in [0.4, 0.5) is 0 Å². The first-order valence-corrected chi connectivity index (χ1v) is 8.63. The molecule has 2 aromatic rings. The van der Waals surface area contributed by atoms with Gasteiger partial charge in [0.2, 0.25) is 0 Å². The van der Waals surface area contributed by atoms with Crippen LogP contribution in [0.15, 0.2) is 41.6 Å². The van der Waals surface area contributed by atoms with Crippen molar-refractivity contribution < 1.29 is 4.79 Å². The van der Waals surface area contributed by atoms with E-state index < -0.39 is 0 Å². The van der Waals surface area contributed by atoms with E-state index in [1.165, 1.54) is 4.90 Å². The lowest BCUT2D eigenvalue weighted by atomic mass is 10.2. The third-order valence-corrected chi connectivity index (χ3v) is 4.21. The lowest BCUT2D eigenvalue weighted by Crippen LogP contribution is -2.30. The Bertz CT molecular complexity index is 611. The van der Waals surface area contributed by atoms with Gasteiger partial charge in [-0.1, -0.05) is 19.1 Å². The SMILES string of the molecule is CCc1ncc(C(=O)N(CC)Cc2ccc(SC)cc2)cn1. The maximum absolute atomic E-state index is 12.5. The number of aromatic nitrogens is 2. The molecule has 0 aliphatic rings. The Labute approximate surface area is 136 Å². The third kappa shape index (κ3) is 4.07. The van der Waals surface area contributed by atoms with Gasteiger partial charge in [0.15, 0.2) is 0 Å². The smallest absolute Gasteiger partial charge is 0.257 e. The normalized spacial score (nSPS) is 10.5. The quantitative estimate of drug-likeness (QED) is 0.766. The van der Waals surface area contributed by atoms with Crippen LogP contribution in [0.2, 0.25) is 0 Å². The summed E-state index contributed by atoms with van der Waals surface area (Å²) in [5.74, 6) is 0.728. The number of carbonyl (C=O) groups is 1. The molecule has 1 aromatic carbocycles. The standard InChI is InChI=1S/C17H21N3OS/c1-4-16-18-10-14(11-19-16)17(21)20(5-2)12-13-6-8-15(22-3)9-7-13/h6-11H,4-5,12H2,1-3H3. The van der Waals surface area contributed by atoms with E-state index in [9.17, 15) is 4.79 Å². The second kappa shape index (κ2) is 7.94. The minimum atomic E-state index is -0.0286. The van der Waals surface area contributed by atoms with Crippen LogP contribution >= 0.6 is 11.8 Å². The van der Waals surface area contributed by atoms with E-state index in [4.69, 9.17) is 0 Å². The van der Waals surface area contributed by atoms with E-state index >= 15 is 0 Å². The highest BCUT2D eigenvalue weighted by molar-refractivity contribution is 7.98. The van der Waals surface area contributed by atoms with Gasteiger partial charge in [0, 0.05) is 36.8 Å². The monoisotopic (exact) mass is 315 g/mol. The van der Waals surface area contributed by atoms with Crippen molar-refractivity contribution in [2.24, 2.45) is 0 Å². The van der Waals surface area contributed by atoms with Gasteiger partial charge in [0.1, 0.15) is 5.82 Å². The van der Waals surface area contributed by atoms with Gasteiger partial charge >= 0.3 is 0 Å². The Morgan fingerprint density at radius 3 is 2.27 bits per heavy atom. The number of rotatable bonds is 6. The Morgan fingerprint density at radius 2 is 1.77 bits per heavy atom. The molecule has 0 N–H and O–H groups in total. The molecule has 0 fully saturated rings. The second-order valence-corrected chi connectivity index (χ2v) is 5.79. The summed E-state index contributed by atoms with van der Waals surface area (Å²) in [6.07, 6.45) is 6.06. The molecule has 1 heterocycles. The van der Waals surface area contributed by atoms with E-state index in [0.717, 1.165) is 17.8 Å². The van der Waals surface area contributed by atoms with Crippen molar-refractivity contribution in [3.8, 4) is 0 Å². The number of carbonyl (C=O) groups excluding carboxylic acids is 1. The van der Waals surface area contributed by atoms with Crippen LogP contribution in [0.25, 0.3) is 0 Å². The molecule has 0 saturated heterocycles. The van der Waals surface area contributed by atoms with Crippen molar-refractivity contribution in [1.82, 2.24) is 14.9 Å². The molecule has 0 spiro atoms.